The van der Waals surface area contributed by atoms with Gasteiger partial charge in [0, 0.05) is 27.5 Å². The maximum absolute atomic E-state index is 8.52. The van der Waals surface area contributed by atoms with Crippen LogP contribution in [0, 0.1) is 31.1 Å². The predicted octanol–water partition coefficient (Wildman–Crippen LogP) is -8.63. The fraction of sp³-hybridized carbons (Fsp3) is 0. The molecule has 0 saturated heterocycles. The van der Waals surface area contributed by atoms with Gasteiger partial charge in [0.15, 0.2) is 0 Å². The topological polar surface area (TPSA) is 190 Å². The zero-order valence-corrected chi connectivity index (χ0v) is 12.8. The van der Waals surface area contributed by atoms with Crippen LogP contribution < -0.4 is 28.8 Å². The smallest absolute Gasteiger partial charge is 0.672 e. The van der Waals surface area contributed by atoms with Gasteiger partial charge in [0.1, 0.15) is 0 Å². The first-order chi connectivity index (χ1) is 5.20. The second-order valence-electron chi connectivity index (χ2n) is 0.750. The van der Waals surface area contributed by atoms with Crippen LogP contribution in [-0.4, -0.2) is 27.5 Å². The molecule has 9 nitrogen and oxygen atoms in total. The van der Waals surface area contributed by atoms with Crippen molar-refractivity contribution in [1.82, 2.24) is 0 Å². The standard InChI is InChI=1S/3O3Si.U/c3*1-4(2)3;/q3*-2;+6. The van der Waals surface area contributed by atoms with Crippen LogP contribution in [0.2, 0.25) is 0 Å². The molecular formula is O9Si3U. The summed E-state index contributed by atoms with van der Waals surface area (Å²) in [6.07, 6.45) is 0. The molecular weight excluding hydrogens is 466 g/mol. The van der Waals surface area contributed by atoms with Crippen molar-refractivity contribution in [2.75, 3.05) is 0 Å². The first-order valence-corrected chi connectivity index (χ1v) is 5.51. The van der Waals surface area contributed by atoms with Crippen LogP contribution in [0.3, 0.4) is 0 Å². The molecule has 13 heavy (non-hydrogen) atoms. The molecule has 0 aliphatic rings. The minimum Gasteiger partial charge on any atom is -0.672 e. The first kappa shape index (κ1) is 23.1. The van der Waals surface area contributed by atoms with Crippen LogP contribution in [0.15, 0.2) is 0 Å². The normalized spacial score (nSPS) is 5.54. The van der Waals surface area contributed by atoms with E-state index < -0.39 is 27.5 Å². The molecule has 0 aliphatic carbocycles. The molecule has 0 aliphatic heterocycles. The van der Waals surface area contributed by atoms with Crippen molar-refractivity contribution >= 4 is 27.5 Å². The maximum atomic E-state index is 8.52. The minimum atomic E-state index is -3.63. The molecule has 0 spiro atoms. The summed E-state index contributed by atoms with van der Waals surface area (Å²) in [4.78, 5) is 51.1. The Kier molecular flexibility index (Phi) is 31.7. The second kappa shape index (κ2) is 17.9. The molecule has 0 aromatic heterocycles. The van der Waals surface area contributed by atoms with Gasteiger partial charge in [-0.15, -0.1) is 0 Å². The fourth-order valence-corrected chi connectivity index (χ4v) is 0. The zero-order valence-electron chi connectivity index (χ0n) is 5.67. The van der Waals surface area contributed by atoms with E-state index in [0.29, 0.717) is 0 Å². The SMILES string of the molecule is O=[Si]([O-])[O-].O=[Si]([O-])[O-].O=[Si]([O-])[O-].[U+6]. The molecule has 0 aromatic carbocycles. The van der Waals surface area contributed by atoms with Gasteiger partial charge in [-0.1, -0.05) is 0 Å². The van der Waals surface area contributed by atoms with Crippen molar-refractivity contribution in [3.63, 3.8) is 0 Å². The van der Waals surface area contributed by atoms with Crippen LogP contribution in [0.4, 0.5) is 0 Å². The Bertz CT molecular complexity index is 112. The quantitative estimate of drug-likeness (QED) is 0.312. The van der Waals surface area contributed by atoms with E-state index in [1.54, 1.807) is 0 Å². The minimum absolute atomic E-state index is 0. The van der Waals surface area contributed by atoms with Crippen molar-refractivity contribution in [2.24, 2.45) is 0 Å². The van der Waals surface area contributed by atoms with E-state index in [-0.39, 0.29) is 31.1 Å². The van der Waals surface area contributed by atoms with E-state index in [2.05, 4.69) is 0 Å². The maximum Gasteiger partial charge on any atom is 6.00 e. The molecule has 0 unspecified atom stereocenters. The Morgan fingerprint density at radius 2 is 0.538 bits per heavy atom. The molecule has 0 radical (unpaired) electrons. The third-order valence-electron chi connectivity index (χ3n) is 0. The Morgan fingerprint density at radius 3 is 0.538 bits per heavy atom. The van der Waals surface area contributed by atoms with Gasteiger partial charge in [0.25, 0.3) is 0 Å². The van der Waals surface area contributed by atoms with Gasteiger partial charge in [-0.2, -0.15) is 0 Å². The van der Waals surface area contributed by atoms with Crippen LogP contribution in [0.25, 0.3) is 0 Å². The van der Waals surface area contributed by atoms with Gasteiger partial charge in [-0.25, -0.2) is 0 Å². The largest absolute Gasteiger partial charge is 6.00 e. The molecule has 0 amide bonds. The molecule has 0 rings (SSSR count). The van der Waals surface area contributed by atoms with Crippen molar-refractivity contribution in [1.29, 1.82) is 0 Å². The van der Waals surface area contributed by atoms with E-state index in [9.17, 15) is 0 Å². The molecule has 0 bridgehead atoms. The van der Waals surface area contributed by atoms with Crippen LogP contribution in [0.5, 0.6) is 0 Å². The van der Waals surface area contributed by atoms with E-state index >= 15 is 0 Å². The van der Waals surface area contributed by atoms with Crippen molar-refractivity contribution in [3.05, 3.63) is 0 Å². The second-order valence-corrected chi connectivity index (χ2v) is 2.25. The van der Waals surface area contributed by atoms with Gasteiger partial charge in [0.2, 0.25) is 0 Å². The summed E-state index contributed by atoms with van der Waals surface area (Å²) in [5, 5.41) is 0. The molecule has 0 N–H and O–H groups in total. The van der Waals surface area contributed by atoms with Crippen molar-refractivity contribution < 1.29 is 73.3 Å². The van der Waals surface area contributed by atoms with Crippen LogP contribution in [-0.2, 0) is 13.4 Å². The summed E-state index contributed by atoms with van der Waals surface area (Å²) < 4.78 is 25.6. The van der Waals surface area contributed by atoms with Crippen molar-refractivity contribution in [3.8, 4) is 0 Å². The zero-order chi connectivity index (χ0) is 10.7. The molecule has 0 aromatic rings. The number of rotatable bonds is 0. The molecule has 0 saturated carbocycles. The van der Waals surface area contributed by atoms with Gasteiger partial charge in [0.05, 0.1) is 0 Å². The van der Waals surface area contributed by atoms with E-state index in [4.69, 9.17) is 42.2 Å². The summed E-state index contributed by atoms with van der Waals surface area (Å²) in [5.74, 6) is 0. The first-order valence-electron chi connectivity index (χ1n) is 1.84. The number of hydrogen-bond donors (Lipinski definition) is 0. The fourth-order valence-electron chi connectivity index (χ4n) is 0. The predicted molar refractivity (Wildman–Crippen MR) is 19.3 cm³/mol. The molecule has 0 heterocycles. The molecule has 13 heteroatoms. The van der Waals surface area contributed by atoms with Crippen LogP contribution in [0.1, 0.15) is 0 Å². The Hall–Kier alpha value is -0.0974. The summed E-state index contributed by atoms with van der Waals surface area (Å²) >= 11 is 0. The van der Waals surface area contributed by atoms with E-state index in [1.165, 1.54) is 0 Å². The molecule has 70 valence electrons. The van der Waals surface area contributed by atoms with Gasteiger partial charge < -0.3 is 42.2 Å². The molecule has 0 fully saturated rings. The summed E-state index contributed by atoms with van der Waals surface area (Å²) in [7, 11) is -10.9. The van der Waals surface area contributed by atoms with E-state index in [1.807, 2.05) is 0 Å². The van der Waals surface area contributed by atoms with Gasteiger partial charge in [-0.3, -0.25) is 0 Å². The number of hydrogen-bond acceptors (Lipinski definition) is 9. The third kappa shape index (κ3) is 123000. The van der Waals surface area contributed by atoms with Gasteiger partial charge >= 0.3 is 31.1 Å². The average Bonchev–Trinajstić information content (AvgIpc) is 1.54. The Morgan fingerprint density at radius 1 is 0.538 bits per heavy atom. The summed E-state index contributed by atoms with van der Waals surface area (Å²) in [5.41, 5.74) is 0. The average molecular weight is 466 g/mol. The third-order valence-corrected chi connectivity index (χ3v) is 0. The Balaban J connectivity index is -0.0000000450. The molecule has 0 atom stereocenters. The summed E-state index contributed by atoms with van der Waals surface area (Å²) in [6.45, 7) is 0. The monoisotopic (exact) mass is 466 g/mol. The van der Waals surface area contributed by atoms with E-state index in [0.717, 1.165) is 0 Å². The van der Waals surface area contributed by atoms with Gasteiger partial charge in [-0.05, 0) is 0 Å². The van der Waals surface area contributed by atoms with Crippen molar-refractivity contribution in [2.45, 2.75) is 0 Å². The Labute approximate surface area is 100 Å². The summed E-state index contributed by atoms with van der Waals surface area (Å²) in [6, 6.07) is 0. The van der Waals surface area contributed by atoms with Crippen LogP contribution >= 0.6 is 0 Å².